The highest BCUT2D eigenvalue weighted by molar-refractivity contribution is 4.78. The van der Waals surface area contributed by atoms with Crippen molar-refractivity contribution in [1.82, 2.24) is 10.2 Å². The summed E-state index contributed by atoms with van der Waals surface area (Å²) in [7, 11) is 0. The van der Waals surface area contributed by atoms with Gasteiger partial charge in [-0.1, -0.05) is 13.8 Å². The molecule has 1 aliphatic heterocycles. The second kappa shape index (κ2) is 6.72. The van der Waals surface area contributed by atoms with Crippen molar-refractivity contribution >= 4 is 0 Å². The van der Waals surface area contributed by atoms with Gasteiger partial charge in [-0.3, -0.25) is 0 Å². The van der Waals surface area contributed by atoms with Crippen molar-refractivity contribution in [3.8, 4) is 0 Å². The molecule has 2 N–H and O–H groups in total. The summed E-state index contributed by atoms with van der Waals surface area (Å²) in [6.45, 7) is 13.7. The average Bonchev–Trinajstić information content (AvgIpc) is 2.18. The van der Waals surface area contributed by atoms with Crippen molar-refractivity contribution in [3.05, 3.63) is 0 Å². The zero-order valence-corrected chi connectivity index (χ0v) is 12.0. The van der Waals surface area contributed by atoms with Crippen molar-refractivity contribution in [2.75, 3.05) is 32.7 Å². The molecular weight excluding hydrogens is 212 g/mol. The largest absolute Gasteiger partial charge is 0.389 e. The van der Waals surface area contributed by atoms with Crippen LogP contribution < -0.4 is 5.32 Å². The van der Waals surface area contributed by atoms with Gasteiger partial charge in [-0.2, -0.15) is 0 Å². The van der Waals surface area contributed by atoms with Crippen LogP contribution in [0.2, 0.25) is 0 Å². The standard InChI is InChI=1S/C14H30N2O/c1-12(2)9-15-10-13-5-7-16(8-6-13)11-14(3,4)17/h12-13,15,17H,5-11H2,1-4H3. The van der Waals surface area contributed by atoms with E-state index in [0.29, 0.717) is 0 Å². The number of nitrogens with one attached hydrogen (secondary N) is 1. The van der Waals surface area contributed by atoms with E-state index in [4.69, 9.17) is 0 Å². The number of likely N-dealkylation sites (tertiary alicyclic amines) is 1. The van der Waals surface area contributed by atoms with Crippen molar-refractivity contribution in [2.24, 2.45) is 11.8 Å². The van der Waals surface area contributed by atoms with Crippen molar-refractivity contribution in [1.29, 1.82) is 0 Å². The van der Waals surface area contributed by atoms with Gasteiger partial charge in [0.2, 0.25) is 0 Å². The summed E-state index contributed by atoms with van der Waals surface area (Å²) < 4.78 is 0. The van der Waals surface area contributed by atoms with Crippen LogP contribution in [0.25, 0.3) is 0 Å². The lowest BCUT2D eigenvalue weighted by molar-refractivity contribution is 0.0244. The molecule has 1 aliphatic rings. The number of nitrogens with zero attached hydrogens (tertiary/aromatic N) is 1. The van der Waals surface area contributed by atoms with Gasteiger partial charge in [-0.05, 0) is 64.7 Å². The predicted octanol–water partition coefficient (Wildman–Crippen LogP) is 1.71. The molecule has 1 rings (SSSR count). The number of hydrogen-bond donors (Lipinski definition) is 2. The normalized spacial score (nSPS) is 20.1. The molecule has 0 radical (unpaired) electrons. The highest BCUT2D eigenvalue weighted by Crippen LogP contribution is 2.18. The van der Waals surface area contributed by atoms with Gasteiger partial charge in [0.15, 0.2) is 0 Å². The minimum atomic E-state index is -0.553. The van der Waals surface area contributed by atoms with Gasteiger partial charge in [0.25, 0.3) is 0 Å². The van der Waals surface area contributed by atoms with E-state index in [2.05, 4.69) is 24.1 Å². The van der Waals surface area contributed by atoms with E-state index in [1.54, 1.807) is 0 Å². The maximum Gasteiger partial charge on any atom is 0.0718 e. The highest BCUT2D eigenvalue weighted by atomic mass is 16.3. The van der Waals surface area contributed by atoms with Gasteiger partial charge in [-0.25, -0.2) is 0 Å². The third kappa shape index (κ3) is 7.02. The van der Waals surface area contributed by atoms with Crippen LogP contribution in [0.1, 0.15) is 40.5 Å². The summed E-state index contributed by atoms with van der Waals surface area (Å²) >= 11 is 0. The number of piperidine rings is 1. The summed E-state index contributed by atoms with van der Waals surface area (Å²) in [4.78, 5) is 2.39. The van der Waals surface area contributed by atoms with Gasteiger partial charge >= 0.3 is 0 Å². The lowest BCUT2D eigenvalue weighted by Gasteiger charge is -2.35. The molecule has 0 aromatic heterocycles. The second-order valence-electron chi connectivity index (χ2n) is 6.58. The fraction of sp³-hybridized carbons (Fsp3) is 1.00. The Morgan fingerprint density at radius 1 is 1.29 bits per heavy atom. The molecule has 1 saturated heterocycles. The lowest BCUT2D eigenvalue weighted by Crippen LogP contribution is -2.44. The molecule has 0 amide bonds. The van der Waals surface area contributed by atoms with E-state index < -0.39 is 5.60 Å². The Morgan fingerprint density at radius 3 is 2.35 bits per heavy atom. The van der Waals surface area contributed by atoms with Crippen LogP contribution in [0, 0.1) is 11.8 Å². The molecule has 0 atom stereocenters. The molecule has 0 unspecified atom stereocenters. The van der Waals surface area contributed by atoms with Gasteiger partial charge < -0.3 is 15.3 Å². The Balaban J connectivity index is 2.13. The fourth-order valence-electron chi connectivity index (χ4n) is 2.47. The SMILES string of the molecule is CC(C)CNCC1CCN(CC(C)(C)O)CC1. The monoisotopic (exact) mass is 242 g/mol. The maximum atomic E-state index is 9.78. The van der Waals surface area contributed by atoms with E-state index in [1.807, 2.05) is 13.8 Å². The van der Waals surface area contributed by atoms with E-state index in [9.17, 15) is 5.11 Å². The predicted molar refractivity (Wildman–Crippen MR) is 73.2 cm³/mol. The molecule has 102 valence electrons. The third-order valence-corrected chi connectivity index (χ3v) is 3.30. The van der Waals surface area contributed by atoms with E-state index in [0.717, 1.165) is 44.6 Å². The molecule has 0 aliphatic carbocycles. The first kappa shape index (κ1) is 14.9. The zero-order chi connectivity index (χ0) is 12.9. The van der Waals surface area contributed by atoms with Crippen LogP contribution in [-0.4, -0.2) is 48.3 Å². The van der Waals surface area contributed by atoms with Gasteiger partial charge in [0.05, 0.1) is 5.60 Å². The Kier molecular flexibility index (Phi) is 5.90. The Bertz CT molecular complexity index is 203. The van der Waals surface area contributed by atoms with E-state index >= 15 is 0 Å². The smallest absolute Gasteiger partial charge is 0.0718 e. The molecule has 17 heavy (non-hydrogen) atoms. The fourth-order valence-corrected chi connectivity index (χ4v) is 2.47. The molecule has 3 heteroatoms. The quantitative estimate of drug-likeness (QED) is 0.744. The summed E-state index contributed by atoms with van der Waals surface area (Å²) in [5, 5.41) is 13.3. The molecule has 0 spiro atoms. The molecule has 0 aromatic rings. The molecular formula is C14H30N2O. The zero-order valence-electron chi connectivity index (χ0n) is 12.0. The average molecular weight is 242 g/mol. The molecule has 0 bridgehead atoms. The van der Waals surface area contributed by atoms with Crippen LogP contribution in [0.3, 0.4) is 0 Å². The van der Waals surface area contributed by atoms with Crippen LogP contribution >= 0.6 is 0 Å². The van der Waals surface area contributed by atoms with Crippen molar-refractivity contribution < 1.29 is 5.11 Å². The number of rotatable bonds is 6. The van der Waals surface area contributed by atoms with Crippen LogP contribution in [0.15, 0.2) is 0 Å². The summed E-state index contributed by atoms with van der Waals surface area (Å²) in [5.41, 5.74) is -0.553. The molecule has 0 aromatic carbocycles. The van der Waals surface area contributed by atoms with Gasteiger partial charge in [0, 0.05) is 6.54 Å². The van der Waals surface area contributed by atoms with E-state index in [-0.39, 0.29) is 0 Å². The Morgan fingerprint density at radius 2 is 1.88 bits per heavy atom. The highest BCUT2D eigenvalue weighted by Gasteiger charge is 2.23. The Hall–Kier alpha value is -0.120. The number of aliphatic hydroxyl groups is 1. The summed E-state index contributed by atoms with van der Waals surface area (Å²) in [5.74, 6) is 1.57. The van der Waals surface area contributed by atoms with Crippen molar-refractivity contribution in [3.63, 3.8) is 0 Å². The summed E-state index contributed by atoms with van der Waals surface area (Å²) in [6.07, 6.45) is 2.53. The number of hydrogen-bond acceptors (Lipinski definition) is 3. The van der Waals surface area contributed by atoms with Crippen molar-refractivity contribution in [2.45, 2.75) is 46.1 Å². The van der Waals surface area contributed by atoms with E-state index in [1.165, 1.54) is 12.8 Å². The molecule has 1 fully saturated rings. The minimum Gasteiger partial charge on any atom is -0.389 e. The molecule has 1 heterocycles. The van der Waals surface area contributed by atoms with Gasteiger partial charge in [-0.15, -0.1) is 0 Å². The maximum absolute atomic E-state index is 9.78. The summed E-state index contributed by atoms with van der Waals surface area (Å²) in [6, 6.07) is 0. The van der Waals surface area contributed by atoms with Crippen LogP contribution in [-0.2, 0) is 0 Å². The second-order valence-corrected chi connectivity index (χ2v) is 6.58. The topological polar surface area (TPSA) is 35.5 Å². The molecule has 0 saturated carbocycles. The first-order valence-corrected chi connectivity index (χ1v) is 7.02. The van der Waals surface area contributed by atoms with Crippen LogP contribution in [0.5, 0.6) is 0 Å². The minimum absolute atomic E-state index is 0.553. The molecule has 3 nitrogen and oxygen atoms in total. The number of β-amino-alcohol motifs (C(OH)–C–C–N with tert-alkyl or cyclic N) is 1. The Labute approximate surface area is 107 Å². The third-order valence-electron chi connectivity index (χ3n) is 3.30. The van der Waals surface area contributed by atoms with Gasteiger partial charge in [0.1, 0.15) is 0 Å². The lowest BCUT2D eigenvalue weighted by atomic mass is 9.95. The first-order valence-electron chi connectivity index (χ1n) is 7.02. The first-order chi connectivity index (χ1) is 7.87. The van der Waals surface area contributed by atoms with Crippen LogP contribution in [0.4, 0.5) is 0 Å².